The van der Waals surface area contributed by atoms with E-state index in [0.717, 1.165) is 5.56 Å². The van der Waals surface area contributed by atoms with Gasteiger partial charge in [0.1, 0.15) is 5.76 Å². The molecule has 2 N–H and O–H groups in total. The number of nitrogens with one attached hydrogen (secondary N) is 1. The number of benzene rings is 1. The number of hydrogen-bond acceptors (Lipinski definition) is 3. The quantitative estimate of drug-likeness (QED) is 0.888. The van der Waals surface area contributed by atoms with Crippen molar-refractivity contribution in [1.82, 2.24) is 0 Å². The average molecular weight is 259 g/mol. The van der Waals surface area contributed by atoms with Crippen LogP contribution in [0.25, 0.3) is 11.3 Å². The number of anilines is 1. The van der Waals surface area contributed by atoms with E-state index < -0.39 is 5.97 Å². The number of carboxylic acid groups (broad SMARTS) is 1. The molecule has 0 saturated carbocycles. The van der Waals surface area contributed by atoms with Crippen molar-refractivity contribution >= 4 is 17.6 Å². The number of carbonyl (C=O) groups is 2. The van der Waals surface area contributed by atoms with E-state index in [1.807, 2.05) is 19.1 Å². The zero-order valence-corrected chi connectivity index (χ0v) is 10.6. The average Bonchev–Trinajstić information content (AvgIpc) is 2.81. The standard InChI is InChI=1S/C14H13NO4/c1-8-3-4-10(7-11(8)15-9(2)16)12-5-6-13(19-12)14(17)18/h3-7H,1-2H3,(H,15,16)(H,17,18). The maximum atomic E-state index is 11.1. The van der Waals surface area contributed by atoms with Crippen molar-refractivity contribution in [2.75, 3.05) is 5.32 Å². The Morgan fingerprint density at radius 2 is 1.95 bits per heavy atom. The molecule has 98 valence electrons. The zero-order valence-electron chi connectivity index (χ0n) is 10.6. The van der Waals surface area contributed by atoms with Gasteiger partial charge in [-0.25, -0.2) is 4.79 Å². The van der Waals surface area contributed by atoms with Crippen LogP contribution in [-0.4, -0.2) is 17.0 Å². The molecule has 0 unspecified atom stereocenters. The van der Waals surface area contributed by atoms with Crippen LogP contribution < -0.4 is 5.32 Å². The van der Waals surface area contributed by atoms with E-state index in [4.69, 9.17) is 9.52 Å². The number of carboxylic acids is 1. The Balaban J connectivity index is 2.39. The molecular weight excluding hydrogens is 246 g/mol. The molecule has 5 nitrogen and oxygen atoms in total. The van der Waals surface area contributed by atoms with Gasteiger partial charge in [0.2, 0.25) is 11.7 Å². The second kappa shape index (κ2) is 4.97. The smallest absolute Gasteiger partial charge is 0.371 e. The molecule has 1 heterocycles. The van der Waals surface area contributed by atoms with Crippen molar-refractivity contribution in [1.29, 1.82) is 0 Å². The van der Waals surface area contributed by atoms with Crippen LogP contribution in [0.2, 0.25) is 0 Å². The number of furan rings is 1. The van der Waals surface area contributed by atoms with Crippen molar-refractivity contribution in [3.63, 3.8) is 0 Å². The van der Waals surface area contributed by atoms with Crippen molar-refractivity contribution < 1.29 is 19.1 Å². The Morgan fingerprint density at radius 3 is 2.53 bits per heavy atom. The Kier molecular flexibility index (Phi) is 3.37. The van der Waals surface area contributed by atoms with Crippen LogP contribution in [0.4, 0.5) is 5.69 Å². The second-order valence-electron chi connectivity index (χ2n) is 4.18. The monoisotopic (exact) mass is 259 g/mol. The molecule has 5 heteroatoms. The van der Waals surface area contributed by atoms with Gasteiger partial charge in [-0.2, -0.15) is 0 Å². The van der Waals surface area contributed by atoms with Crippen LogP contribution in [0.3, 0.4) is 0 Å². The topological polar surface area (TPSA) is 79.5 Å². The van der Waals surface area contributed by atoms with Gasteiger partial charge in [0.15, 0.2) is 0 Å². The van der Waals surface area contributed by atoms with Crippen molar-refractivity contribution in [2.24, 2.45) is 0 Å². The molecule has 0 bridgehead atoms. The highest BCUT2D eigenvalue weighted by molar-refractivity contribution is 5.90. The summed E-state index contributed by atoms with van der Waals surface area (Å²) in [6.45, 7) is 3.31. The minimum Gasteiger partial charge on any atom is -0.475 e. The Bertz CT molecular complexity index is 643. The maximum Gasteiger partial charge on any atom is 0.371 e. The molecule has 0 spiro atoms. The number of hydrogen-bond donors (Lipinski definition) is 2. The van der Waals surface area contributed by atoms with Crippen molar-refractivity contribution in [3.8, 4) is 11.3 Å². The lowest BCUT2D eigenvalue weighted by Crippen LogP contribution is -2.07. The fourth-order valence-electron chi connectivity index (χ4n) is 1.71. The molecule has 0 radical (unpaired) electrons. The minimum atomic E-state index is -1.11. The van der Waals surface area contributed by atoms with Crippen molar-refractivity contribution in [3.05, 3.63) is 41.7 Å². The lowest BCUT2D eigenvalue weighted by molar-refractivity contribution is -0.114. The van der Waals surface area contributed by atoms with Gasteiger partial charge in [0.25, 0.3) is 0 Å². The van der Waals surface area contributed by atoms with Crippen LogP contribution in [-0.2, 0) is 4.79 Å². The lowest BCUT2D eigenvalue weighted by Gasteiger charge is -2.07. The summed E-state index contributed by atoms with van der Waals surface area (Å²) in [6.07, 6.45) is 0. The SMILES string of the molecule is CC(=O)Nc1cc(-c2ccc(C(=O)O)o2)ccc1C. The molecule has 0 aliphatic heterocycles. The summed E-state index contributed by atoms with van der Waals surface area (Å²) in [6, 6.07) is 8.39. The predicted molar refractivity (Wildman–Crippen MR) is 70.1 cm³/mol. The van der Waals surface area contributed by atoms with E-state index in [1.54, 1.807) is 12.1 Å². The molecule has 0 aliphatic rings. The van der Waals surface area contributed by atoms with E-state index in [-0.39, 0.29) is 11.7 Å². The molecule has 0 aliphatic carbocycles. The van der Waals surface area contributed by atoms with E-state index in [2.05, 4.69) is 5.32 Å². The third-order valence-corrected chi connectivity index (χ3v) is 2.65. The van der Waals surface area contributed by atoms with Gasteiger partial charge in [0.05, 0.1) is 0 Å². The molecule has 19 heavy (non-hydrogen) atoms. The van der Waals surface area contributed by atoms with Crippen LogP contribution in [0, 0.1) is 6.92 Å². The number of carbonyl (C=O) groups excluding carboxylic acids is 1. The van der Waals surface area contributed by atoms with Gasteiger partial charge in [-0.1, -0.05) is 12.1 Å². The number of aromatic carboxylic acids is 1. The van der Waals surface area contributed by atoms with Crippen LogP contribution in [0.15, 0.2) is 34.7 Å². The van der Waals surface area contributed by atoms with Gasteiger partial charge in [-0.05, 0) is 30.7 Å². The van der Waals surface area contributed by atoms with E-state index in [1.165, 1.54) is 13.0 Å². The second-order valence-corrected chi connectivity index (χ2v) is 4.18. The first-order valence-electron chi connectivity index (χ1n) is 5.69. The molecule has 0 saturated heterocycles. The van der Waals surface area contributed by atoms with Crippen LogP contribution in [0.5, 0.6) is 0 Å². The highest BCUT2D eigenvalue weighted by Crippen LogP contribution is 2.27. The molecule has 2 rings (SSSR count). The van der Waals surface area contributed by atoms with E-state index in [0.29, 0.717) is 17.0 Å². The highest BCUT2D eigenvalue weighted by atomic mass is 16.4. The van der Waals surface area contributed by atoms with Gasteiger partial charge < -0.3 is 14.8 Å². The molecule has 1 amide bonds. The summed E-state index contributed by atoms with van der Waals surface area (Å²) in [7, 11) is 0. The van der Waals surface area contributed by atoms with E-state index >= 15 is 0 Å². The van der Waals surface area contributed by atoms with Gasteiger partial charge >= 0.3 is 5.97 Å². The first kappa shape index (κ1) is 12.9. The summed E-state index contributed by atoms with van der Waals surface area (Å²) in [5, 5.41) is 11.5. The minimum absolute atomic E-state index is 0.114. The summed E-state index contributed by atoms with van der Waals surface area (Å²) >= 11 is 0. The summed E-state index contributed by atoms with van der Waals surface area (Å²) in [5.74, 6) is -0.938. The number of aryl methyl sites for hydroxylation is 1. The third-order valence-electron chi connectivity index (χ3n) is 2.65. The first-order valence-corrected chi connectivity index (χ1v) is 5.69. The molecule has 0 fully saturated rings. The van der Waals surface area contributed by atoms with Crippen LogP contribution in [0.1, 0.15) is 23.0 Å². The van der Waals surface area contributed by atoms with Gasteiger partial charge in [0, 0.05) is 18.2 Å². The van der Waals surface area contributed by atoms with Gasteiger partial charge in [-0.3, -0.25) is 4.79 Å². The summed E-state index contributed by atoms with van der Waals surface area (Å²) in [5.41, 5.74) is 2.31. The molecule has 0 atom stereocenters. The molecular formula is C14H13NO4. The van der Waals surface area contributed by atoms with Crippen molar-refractivity contribution in [2.45, 2.75) is 13.8 Å². The van der Waals surface area contributed by atoms with Crippen LogP contribution >= 0.6 is 0 Å². The Labute approximate surface area is 109 Å². The fourth-order valence-corrected chi connectivity index (χ4v) is 1.71. The predicted octanol–water partition coefficient (Wildman–Crippen LogP) is 2.91. The zero-order chi connectivity index (χ0) is 14.0. The molecule has 1 aromatic heterocycles. The largest absolute Gasteiger partial charge is 0.475 e. The van der Waals surface area contributed by atoms with E-state index in [9.17, 15) is 9.59 Å². The van der Waals surface area contributed by atoms with Gasteiger partial charge in [-0.15, -0.1) is 0 Å². The number of amides is 1. The normalized spacial score (nSPS) is 10.2. The summed E-state index contributed by atoms with van der Waals surface area (Å²) in [4.78, 5) is 21.9. The third kappa shape index (κ3) is 2.82. The molecule has 1 aromatic carbocycles. The lowest BCUT2D eigenvalue weighted by atomic mass is 10.1. The summed E-state index contributed by atoms with van der Waals surface area (Å²) < 4.78 is 5.22. The number of rotatable bonds is 3. The molecule has 2 aromatic rings. The Hall–Kier alpha value is -2.56. The highest BCUT2D eigenvalue weighted by Gasteiger charge is 2.11. The maximum absolute atomic E-state index is 11.1. The first-order chi connectivity index (χ1) is 8.97. The Morgan fingerprint density at radius 1 is 1.21 bits per heavy atom. The fraction of sp³-hybridized carbons (Fsp3) is 0.143.